The second kappa shape index (κ2) is 6.03. The van der Waals surface area contributed by atoms with Gasteiger partial charge in [0, 0.05) is 19.6 Å². The number of thioether (sulfide) groups is 2. The van der Waals surface area contributed by atoms with Gasteiger partial charge in [0.05, 0.1) is 20.6 Å². The van der Waals surface area contributed by atoms with E-state index < -0.39 is 10.8 Å². The summed E-state index contributed by atoms with van der Waals surface area (Å²) < 4.78 is 13.2. The van der Waals surface area contributed by atoms with Crippen LogP contribution in [0, 0.1) is 0 Å². The van der Waals surface area contributed by atoms with Crippen LogP contribution in [0.4, 0.5) is 0 Å². The van der Waals surface area contributed by atoms with E-state index in [2.05, 4.69) is 36.4 Å². The van der Waals surface area contributed by atoms with E-state index in [0.717, 1.165) is 31.1 Å². The molecule has 0 saturated heterocycles. The molecule has 0 aliphatic carbocycles. The fraction of sp³-hybridized carbons (Fsp3) is 0.250. The van der Waals surface area contributed by atoms with Crippen LogP contribution >= 0.6 is 35.3 Å². The second-order valence-electron chi connectivity index (χ2n) is 4.94. The van der Waals surface area contributed by atoms with Crippen molar-refractivity contribution in [2.24, 2.45) is 0 Å². The lowest BCUT2D eigenvalue weighted by atomic mass is 10.3. The molecule has 0 unspecified atom stereocenters. The highest BCUT2D eigenvalue weighted by molar-refractivity contribution is 8.03. The summed E-state index contributed by atoms with van der Waals surface area (Å²) in [4.78, 5) is 6.79. The molecule has 0 N–H and O–H groups in total. The van der Waals surface area contributed by atoms with Crippen molar-refractivity contribution in [2.75, 3.05) is 11.5 Å². The van der Waals surface area contributed by atoms with Crippen LogP contribution in [0.15, 0.2) is 65.8 Å². The minimum atomic E-state index is -1.05. The fourth-order valence-corrected chi connectivity index (χ4v) is 8.29. The van der Waals surface area contributed by atoms with Gasteiger partial charge in [0.15, 0.2) is 0 Å². The molecule has 2 aromatic carbocycles. The molecule has 2 aliphatic rings. The molecule has 2 heterocycles. The summed E-state index contributed by atoms with van der Waals surface area (Å²) in [6.07, 6.45) is 2.44. The van der Waals surface area contributed by atoms with Crippen molar-refractivity contribution in [3.8, 4) is 0 Å². The fourth-order valence-electron chi connectivity index (χ4n) is 2.53. The van der Waals surface area contributed by atoms with E-state index in [1.165, 1.54) is 22.6 Å². The van der Waals surface area contributed by atoms with Crippen molar-refractivity contribution in [1.29, 1.82) is 0 Å². The van der Waals surface area contributed by atoms with Crippen molar-refractivity contribution in [3.63, 3.8) is 0 Å². The van der Waals surface area contributed by atoms with Gasteiger partial charge >= 0.3 is 0 Å². The van der Waals surface area contributed by atoms with Gasteiger partial charge in [-0.3, -0.25) is 0 Å². The number of rotatable bonds is 0. The predicted octanol–water partition coefficient (Wildman–Crippen LogP) is 5.30. The Morgan fingerprint density at radius 1 is 0.762 bits per heavy atom. The van der Waals surface area contributed by atoms with E-state index in [-0.39, 0.29) is 0 Å². The second-order valence-corrected chi connectivity index (χ2v) is 9.65. The Bertz CT molecular complexity index is 667. The molecule has 0 saturated carbocycles. The molecular formula is C16H14OS4. The molecule has 21 heavy (non-hydrogen) atoms. The summed E-state index contributed by atoms with van der Waals surface area (Å²) in [6.45, 7) is 0. The van der Waals surface area contributed by atoms with Crippen LogP contribution < -0.4 is 0 Å². The monoisotopic (exact) mass is 350 g/mol. The maximum Gasteiger partial charge on any atom is 0.0895 e. The van der Waals surface area contributed by atoms with Crippen LogP contribution in [0.25, 0.3) is 0 Å². The van der Waals surface area contributed by atoms with Crippen LogP contribution in [-0.2, 0) is 10.8 Å². The quantitative estimate of drug-likeness (QED) is 0.547. The number of hydrogen-bond acceptors (Lipinski definition) is 4. The van der Waals surface area contributed by atoms with Gasteiger partial charge in [0.1, 0.15) is 0 Å². The van der Waals surface area contributed by atoms with E-state index in [4.69, 9.17) is 0 Å². The highest BCUT2D eigenvalue weighted by Gasteiger charge is 2.28. The smallest absolute Gasteiger partial charge is 0.0895 e. The first-order chi connectivity index (χ1) is 10.3. The van der Waals surface area contributed by atoms with Crippen LogP contribution in [0.3, 0.4) is 0 Å². The van der Waals surface area contributed by atoms with Crippen molar-refractivity contribution in [1.82, 2.24) is 0 Å². The van der Waals surface area contributed by atoms with Crippen molar-refractivity contribution in [3.05, 3.63) is 36.4 Å². The van der Waals surface area contributed by atoms with Crippen LogP contribution in [0.5, 0.6) is 0 Å². The normalized spacial score (nSPS) is 18.1. The van der Waals surface area contributed by atoms with E-state index >= 15 is 0 Å². The van der Waals surface area contributed by atoms with E-state index in [9.17, 15) is 4.21 Å². The SMILES string of the molecule is O=S1c2c3cccc2Sc2cccc(c21)SCCCCS3. The summed E-state index contributed by atoms with van der Waals surface area (Å²) in [7, 11) is -1.05. The molecule has 2 aromatic rings. The molecule has 0 spiro atoms. The van der Waals surface area contributed by atoms with Gasteiger partial charge in [0.2, 0.25) is 0 Å². The molecule has 0 aromatic heterocycles. The van der Waals surface area contributed by atoms with Crippen molar-refractivity contribution in [2.45, 2.75) is 42.2 Å². The molecule has 5 heteroatoms. The van der Waals surface area contributed by atoms with Gasteiger partial charge in [-0.1, -0.05) is 23.9 Å². The Morgan fingerprint density at radius 2 is 1.24 bits per heavy atom. The highest BCUT2D eigenvalue weighted by Crippen LogP contribution is 2.49. The largest absolute Gasteiger partial charge is 0.249 e. The Balaban J connectivity index is 1.94. The molecule has 2 aliphatic heterocycles. The van der Waals surface area contributed by atoms with Gasteiger partial charge in [-0.25, -0.2) is 4.21 Å². The topological polar surface area (TPSA) is 17.1 Å². The summed E-state index contributed by atoms with van der Waals surface area (Å²) in [5.41, 5.74) is 0. The summed E-state index contributed by atoms with van der Waals surface area (Å²) in [5, 5.41) is 0. The lowest BCUT2D eigenvalue weighted by Gasteiger charge is -2.22. The zero-order chi connectivity index (χ0) is 14.2. The third-order valence-corrected chi connectivity index (χ3v) is 9.08. The highest BCUT2D eigenvalue weighted by atomic mass is 32.2. The summed E-state index contributed by atoms with van der Waals surface area (Å²) in [5.74, 6) is 2.23. The Labute approximate surface area is 140 Å². The Hall–Kier alpha value is -0.360. The summed E-state index contributed by atoms with van der Waals surface area (Å²) >= 11 is 5.49. The first kappa shape index (κ1) is 14.2. The molecule has 0 amide bonds. The zero-order valence-electron chi connectivity index (χ0n) is 11.3. The standard InChI is InChI=1S/C16H14OS4/c17-21-15-11-5-3-7-13(15)20-14-8-4-6-12(16(14)21)19-10-2-1-9-18-11/h3-8H,1-2,9-10H2. The van der Waals surface area contributed by atoms with Gasteiger partial charge in [-0.15, -0.1) is 23.5 Å². The lowest BCUT2D eigenvalue weighted by Crippen LogP contribution is -2.05. The third kappa shape index (κ3) is 2.58. The van der Waals surface area contributed by atoms with Gasteiger partial charge < -0.3 is 0 Å². The molecule has 0 fully saturated rings. The van der Waals surface area contributed by atoms with Crippen molar-refractivity contribution >= 4 is 46.1 Å². The molecule has 1 nitrogen and oxygen atoms in total. The van der Waals surface area contributed by atoms with Gasteiger partial charge in [-0.05, 0) is 48.6 Å². The predicted molar refractivity (Wildman–Crippen MR) is 92.4 cm³/mol. The zero-order valence-corrected chi connectivity index (χ0v) is 14.6. The average Bonchev–Trinajstić information content (AvgIpc) is 2.52. The summed E-state index contributed by atoms with van der Waals surface area (Å²) in [6, 6.07) is 12.6. The maximum absolute atomic E-state index is 13.2. The molecular weight excluding hydrogens is 336 g/mol. The van der Waals surface area contributed by atoms with Crippen molar-refractivity contribution < 1.29 is 4.21 Å². The van der Waals surface area contributed by atoms with E-state index in [1.54, 1.807) is 11.8 Å². The first-order valence-electron chi connectivity index (χ1n) is 6.96. The Morgan fingerprint density at radius 3 is 1.76 bits per heavy atom. The van der Waals surface area contributed by atoms with Crippen LogP contribution in [-0.4, -0.2) is 15.7 Å². The Kier molecular flexibility index (Phi) is 4.09. The maximum atomic E-state index is 13.2. The van der Waals surface area contributed by atoms with Gasteiger partial charge in [-0.2, -0.15) is 0 Å². The van der Waals surface area contributed by atoms with Crippen LogP contribution in [0.2, 0.25) is 0 Å². The third-order valence-electron chi connectivity index (χ3n) is 3.53. The molecule has 0 atom stereocenters. The molecule has 4 rings (SSSR count). The minimum Gasteiger partial charge on any atom is -0.249 e. The minimum absolute atomic E-state index is 1.04. The molecule has 0 radical (unpaired) electrons. The number of benzene rings is 2. The van der Waals surface area contributed by atoms with E-state index in [1.807, 2.05) is 23.5 Å². The average molecular weight is 351 g/mol. The lowest BCUT2D eigenvalue weighted by molar-refractivity contribution is 0.675. The van der Waals surface area contributed by atoms with Gasteiger partial charge in [0.25, 0.3) is 0 Å². The first-order valence-corrected chi connectivity index (χ1v) is 10.9. The number of hydrogen-bond donors (Lipinski definition) is 0. The van der Waals surface area contributed by atoms with Crippen LogP contribution in [0.1, 0.15) is 12.8 Å². The molecule has 108 valence electrons. The van der Waals surface area contributed by atoms with E-state index in [0.29, 0.717) is 0 Å². The molecule has 2 bridgehead atoms.